The minimum absolute atomic E-state index is 0.0714. The van der Waals surface area contributed by atoms with Gasteiger partial charge in [-0.1, -0.05) is 36.4 Å². The van der Waals surface area contributed by atoms with E-state index in [1.54, 1.807) is 54.7 Å². The zero-order valence-electron chi connectivity index (χ0n) is 18.7. The van der Waals surface area contributed by atoms with Gasteiger partial charge in [0, 0.05) is 26.2 Å². The number of hydrogen-bond acceptors (Lipinski definition) is 7. The first-order chi connectivity index (χ1) is 16.3. The number of hydrogen-bond donors (Lipinski definition) is 0. The van der Waals surface area contributed by atoms with Crippen LogP contribution in [0.3, 0.4) is 0 Å². The average molecular weight is 500 g/mol. The van der Waals surface area contributed by atoms with E-state index in [-0.39, 0.29) is 37.8 Å². The Hall–Kier alpha value is -3.08. The van der Waals surface area contributed by atoms with Crippen molar-refractivity contribution < 1.29 is 22.7 Å². The summed E-state index contributed by atoms with van der Waals surface area (Å²) < 4.78 is 32.0. The van der Waals surface area contributed by atoms with Gasteiger partial charge in [-0.3, -0.25) is 9.78 Å². The third-order valence-electron chi connectivity index (χ3n) is 5.58. The predicted molar refractivity (Wildman–Crippen MR) is 130 cm³/mol. The van der Waals surface area contributed by atoms with Crippen LogP contribution in [-0.4, -0.2) is 67.3 Å². The number of carbonyl (C=O) groups is 2. The maximum Gasteiger partial charge on any atom is 0.340 e. The lowest BCUT2D eigenvalue weighted by molar-refractivity contribution is -0.135. The van der Waals surface area contributed by atoms with Gasteiger partial charge in [-0.05, 0) is 36.1 Å². The minimum Gasteiger partial charge on any atom is -0.452 e. The van der Waals surface area contributed by atoms with Crippen LogP contribution >= 0.6 is 11.3 Å². The topological polar surface area (TPSA) is 96.9 Å². The maximum absolute atomic E-state index is 12.7. The first kappa shape index (κ1) is 24.1. The number of aromatic nitrogens is 1. The molecule has 3 aromatic rings. The number of sulfonamides is 1. The van der Waals surface area contributed by atoms with Crippen molar-refractivity contribution >= 4 is 33.2 Å². The van der Waals surface area contributed by atoms with Gasteiger partial charge < -0.3 is 9.64 Å². The molecule has 1 amide bonds. The second-order valence-corrected chi connectivity index (χ2v) is 10.8. The number of ether oxygens (including phenoxy) is 1. The summed E-state index contributed by atoms with van der Waals surface area (Å²) in [5.41, 5.74) is 2.34. The van der Waals surface area contributed by atoms with E-state index in [9.17, 15) is 18.0 Å². The normalized spacial score (nSPS) is 14.7. The summed E-state index contributed by atoms with van der Waals surface area (Å²) >= 11 is 1.56. The van der Waals surface area contributed by atoms with Gasteiger partial charge in [-0.2, -0.15) is 4.31 Å². The third kappa shape index (κ3) is 5.69. The average Bonchev–Trinajstić information content (AvgIpc) is 3.38. The molecule has 34 heavy (non-hydrogen) atoms. The molecule has 0 radical (unpaired) electrons. The molecule has 0 N–H and O–H groups in total. The number of aryl methyl sites for hydroxylation is 1. The Labute approximate surface area is 202 Å². The molecule has 3 heterocycles. The number of rotatable bonds is 7. The Bertz CT molecular complexity index is 1250. The molecule has 10 heteroatoms. The number of benzene rings is 1. The van der Waals surface area contributed by atoms with E-state index >= 15 is 0 Å². The van der Waals surface area contributed by atoms with Crippen LogP contribution in [0.4, 0.5) is 0 Å². The molecule has 1 aliphatic heterocycles. The van der Waals surface area contributed by atoms with Crippen LogP contribution in [0.2, 0.25) is 0 Å². The lowest BCUT2D eigenvalue weighted by atomic mass is 10.2. The maximum atomic E-state index is 12.7. The molecule has 0 saturated carbocycles. The Morgan fingerprint density at radius 3 is 2.38 bits per heavy atom. The molecule has 4 rings (SSSR count). The number of thiophene rings is 1. The van der Waals surface area contributed by atoms with Crippen LogP contribution < -0.4 is 0 Å². The minimum atomic E-state index is -3.47. The summed E-state index contributed by atoms with van der Waals surface area (Å²) in [6, 6.07) is 16.3. The van der Waals surface area contributed by atoms with Crippen molar-refractivity contribution in [1.82, 2.24) is 14.2 Å². The number of esters is 1. The van der Waals surface area contributed by atoms with Crippen LogP contribution in [0, 0.1) is 6.92 Å². The Kier molecular flexibility index (Phi) is 7.40. The van der Waals surface area contributed by atoms with E-state index in [1.165, 1.54) is 9.21 Å². The van der Waals surface area contributed by atoms with Gasteiger partial charge in [0.25, 0.3) is 5.91 Å². The number of carbonyl (C=O) groups excluding carboxylic acids is 2. The van der Waals surface area contributed by atoms with Crippen LogP contribution in [0.25, 0.3) is 10.6 Å². The number of pyridine rings is 1. The van der Waals surface area contributed by atoms with Crippen LogP contribution in [0.1, 0.15) is 21.6 Å². The largest absolute Gasteiger partial charge is 0.452 e. The van der Waals surface area contributed by atoms with Gasteiger partial charge in [-0.15, -0.1) is 11.3 Å². The first-order valence-electron chi connectivity index (χ1n) is 10.8. The third-order valence-corrected chi connectivity index (χ3v) is 8.33. The van der Waals surface area contributed by atoms with Gasteiger partial charge >= 0.3 is 5.97 Å². The van der Waals surface area contributed by atoms with Gasteiger partial charge in [0.15, 0.2) is 6.61 Å². The highest BCUT2D eigenvalue weighted by Crippen LogP contribution is 2.24. The van der Waals surface area contributed by atoms with Crippen LogP contribution in [0.5, 0.6) is 0 Å². The molecular formula is C24H25N3O5S2. The zero-order chi connectivity index (χ0) is 24.1. The zero-order valence-corrected chi connectivity index (χ0v) is 20.3. The molecule has 0 atom stereocenters. The second-order valence-electron chi connectivity index (χ2n) is 7.90. The predicted octanol–water partition coefficient (Wildman–Crippen LogP) is 2.95. The van der Waals surface area contributed by atoms with Crippen molar-refractivity contribution in [3.05, 3.63) is 76.8 Å². The van der Waals surface area contributed by atoms with E-state index in [0.29, 0.717) is 11.3 Å². The molecule has 178 valence electrons. The molecular weight excluding hydrogens is 474 g/mol. The highest BCUT2D eigenvalue weighted by Gasteiger charge is 2.29. The Morgan fingerprint density at radius 2 is 1.74 bits per heavy atom. The molecule has 0 spiro atoms. The summed E-state index contributed by atoms with van der Waals surface area (Å²) in [5.74, 6) is -1.03. The van der Waals surface area contributed by atoms with Crippen molar-refractivity contribution in [3.63, 3.8) is 0 Å². The standard InChI is InChI=1S/C24H25N3O5S2/c1-18-20(9-10-21(25-18)22-8-5-15-33-22)24(29)32-16-23(28)26-11-13-27(14-12-26)34(30,31)17-19-6-3-2-4-7-19/h2-10,15H,11-14,16-17H2,1H3. The van der Waals surface area contributed by atoms with E-state index < -0.39 is 22.6 Å². The van der Waals surface area contributed by atoms with Crippen molar-refractivity contribution in [2.45, 2.75) is 12.7 Å². The fourth-order valence-electron chi connectivity index (χ4n) is 3.73. The summed E-state index contributed by atoms with van der Waals surface area (Å²) in [6.45, 7) is 2.25. The molecule has 1 fully saturated rings. The fourth-order valence-corrected chi connectivity index (χ4v) is 5.94. The number of piperazine rings is 1. The summed E-state index contributed by atoms with van der Waals surface area (Å²) in [4.78, 5) is 32.0. The summed E-state index contributed by atoms with van der Waals surface area (Å²) in [7, 11) is -3.47. The molecule has 0 unspecified atom stereocenters. The first-order valence-corrected chi connectivity index (χ1v) is 13.3. The molecule has 1 aromatic carbocycles. The van der Waals surface area contributed by atoms with Crippen molar-refractivity contribution in [2.75, 3.05) is 32.8 Å². The summed E-state index contributed by atoms with van der Waals surface area (Å²) in [5, 5.41) is 1.96. The van der Waals surface area contributed by atoms with Gasteiger partial charge in [-0.25, -0.2) is 13.2 Å². The second kappa shape index (κ2) is 10.5. The number of amides is 1. The van der Waals surface area contributed by atoms with E-state index in [1.807, 2.05) is 23.6 Å². The summed E-state index contributed by atoms with van der Waals surface area (Å²) in [6.07, 6.45) is 0. The van der Waals surface area contributed by atoms with Crippen molar-refractivity contribution in [1.29, 1.82) is 0 Å². The lowest BCUT2D eigenvalue weighted by Gasteiger charge is -2.33. The van der Waals surface area contributed by atoms with Crippen molar-refractivity contribution in [3.8, 4) is 10.6 Å². The molecule has 1 aliphatic rings. The van der Waals surface area contributed by atoms with Crippen molar-refractivity contribution in [2.24, 2.45) is 0 Å². The SMILES string of the molecule is Cc1nc(-c2cccs2)ccc1C(=O)OCC(=O)N1CCN(S(=O)(=O)Cc2ccccc2)CC1. The monoisotopic (exact) mass is 499 g/mol. The number of nitrogens with zero attached hydrogens (tertiary/aromatic N) is 3. The Balaban J connectivity index is 1.28. The molecule has 8 nitrogen and oxygen atoms in total. The Morgan fingerprint density at radius 1 is 1.00 bits per heavy atom. The van der Waals surface area contributed by atoms with Gasteiger partial charge in [0.2, 0.25) is 10.0 Å². The van der Waals surface area contributed by atoms with Gasteiger partial charge in [0.1, 0.15) is 0 Å². The van der Waals surface area contributed by atoms with E-state index in [0.717, 1.165) is 16.1 Å². The van der Waals surface area contributed by atoms with Crippen LogP contribution in [-0.2, 0) is 25.3 Å². The van der Waals surface area contributed by atoms with Gasteiger partial charge in [0.05, 0.1) is 27.6 Å². The highest BCUT2D eigenvalue weighted by molar-refractivity contribution is 7.88. The molecule has 1 saturated heterocycles. The molecule has 2 aromatic heterocycles. The molecule has 0 bridgehead atoms. The smallest absolute Gasteiger partial charge is 0.340 e. The highest BCUT2D eigenvalue weighted by atomic mass is 32.2. The molecule has 0 aliphatic carbocycles. The van der Waals surface area contributed by atoms with E-state index in [4.69, 9.17) is 4.74 Å². The lowest BCUT2D eigenvalue weighted by Crippen LogP contribution is -2.51. The van der Waals surface area contributed by atoms with E-state index in [2.05, 4.69) is 4.98 Å². The fraction of sp³-hybridized carbons (Fsp3) is 0.292. The van der Waals surface area contributed by atoms with Crippen LogP contribution in [0.15, 0.2) is 60.0 Å². The quantitative estimate of drug-likeness (QED) is 0.464.